The van der Waals surface area contributed by atoms with Crippen LogP contribution in [0.15, 0.2) is 72.5 Å². The van der Waals surface area contributed by atoms with Crippen molar-refractivity contribution >= 4 is 27.0 Å². The molecule has 2 aromatic rings. The highest BCUT2D eigenvalue weighted by atomic mass is 28.4. The minimum Gasteiger partial charge on any atom is -0.495 e. The van der Waals surface area contributed by atoms with Gasteiger partial charge in [-0.25, -0.2) is 0 Å². The Hall–Kier alpha value is -1.71. The highest BCUT2D eigenvalue weighted by Gasteiger charge is 2.50. The lowest BCUT2D eigenvalue weighted by atomic mass is 10.0. The maximum atomic E-state index is 10.0. The fourth-order valence-corrected chi connectivity index (χ4v) is 17.4. The van der Waals surface area contributed by atoms with Crippen LogP contribution in [-0.4, -0.2) is 46.7 Å². The molecule has 3 atom stereocenters. The lowest BCUT2D eigenvalue weighted by molar-refractivity contribution is 0.0258. The third-order valence-corrected chi connectivity index (χ3v) is 20.4. The molecular formula is C36H58O4Si2. The van der Waals surface area contributed by atoms with E-state index in [0.717, 1.165) is 25.0 Å². The van der Waals surface area contributed by atoms with Crippen molar-refractivity contribution in [1.29, 1.82) is 0 Å². The van der Waals surface area contributed by atoms with Crippen LogP contribution in [0, 0.1) is 0 Å². The van der Waals surface area contributed by atoms with Gasteiger partial charge in [0, 0.05) is 25.9 Å². The van der Waals surface area contributed by atoms with Gasteiger partial charge >= 0.3 is 0 Å². The van der Waals surface area contributed by atoms with Crippen LogP contribution in [0.25, 0.3) is 0 Å². The number of benzene rings is 2. The summed E-state index contributed by atoms with van der Waals surface area (Å²) in [4.78, 5) is 0. The van der Waals surface area contributed by atoms with Gasteiger partial charge in [-0.1, -0.05) is 123 Å². The van der Waals surface area contributed by atoms with Crippen LogP contribution in [0.2, 0.25) is 21.7 Å². The molecule has 0 unspecified atom stereocenters. The summed E-state index contributed by atoms with van der Waals surface area (Å²) in [5, 5.41) is 12.6. The summed E-state index contributed by atoms with van der Waals surface area (Å²) in [5.74, 6) is 0.960. The molecule has 1 aliphatic heterocycles. The van der Waals surface area contributed by atoms with Crippen LogP contribution in [0.5, 0.6) is 0 Å². The lowest BCUT2D eigenvalue weighted by Gasteiger charge is -2.46. The summed E-state index contributed by atoms with van der Waals surface area (Å²) >= 11 is 0. The number of ether oxygens (including phenoxy) is 1. The fourth-order valence-electron chi connectivity index (χ4n) is 7.36. The summed E-state index contributed by atoms with van der Waals surface area (Å²) in [6.45, 7) is 23.5. The van der Waals surface area contributed by atoms with Crippen molar-refractivity contribution in [3.8, 4) is 0 Å². The van der Waals surface area contributed by atoms with Crippen molar-refractivity contribution in [2.45, 2.75) is 135 Å². The lowest BCUT2D eigenvalue weighted by Crippen LogP contribution is -2.66. The molecule has 0 bridgehead atoms. The van der Waals surface area contributed by atoms with Crippen molar-refractivity contribution in [2.24, 2.45) is 0 Å². The summed E-state index contributed by atoms with van der Waals surface area (Å²) < 4.78 is 21.1. The molecule has 1 N–H and O–H groups in total. The van der Waals surface area contributed by atoms with E-state index in [1.54, 1.807) is 0 Å². The van der Waals surface area contributed by atoms with Gasteiger partial charge in [-0.3, -0.25) is 0 Å². The van der Waals surface area contributed by atoms with Crippen molar-refractivity contribution in [1.82, 2.24) is 0 Å². The SMILES string of the molecule is CC(C)[Si](O[C@@H]1C=C(CC[C@@H](C)O)O[C@H](CCO[Si](c2ccccc2)(c2ccccc2)C(C)(C)C)C1)(C(C)C)C(C)C. The van der Waals surface area contributed by atoms with E-state index < -0.39 is 16.6 Å². The number of allylic oxidation sites excluding steroid dienone is 1. The molecule has 0 saturated heterocycles. The Morgan fingerprint density at radius 2 is 1.33 bits per heavy atom. The fraction of sp³-hybridized carbons (Fsp3) is 0.611. The van der Waals surface area contributed by atoms with Crippen LogP contribution in [0.1, 0.15) is 94.9 Å². The van der Waals surface area contributed by atoms with Crippen molar-refractivity contribution in [2.75, 3.05) is 6.61 Å². The van der Waals surface area contributed by atoms with E-state index in [1.807, 2.05) is 6.92 Å². The van der Waals surface area contributed by atoms with E-state index >= 15 is 0 Å². The largest absolute Gasteiger partial charge is 0.495 e. The molecule has 0 aromatic heterocycles. The predicted molar refractivity (Wildman–Crippen MR) is 183 cm³/mol. The predicted octanol–water partition coefficient (Wildman–Crippen LogP) is 8.35. The minimum absolute atomic E-state index is 0.0143. The molecule has 0 saturated carbocycles. The number of rotatable bonds is 14. The van der Waals surface area contributed by atoms with Gasteiger partial charge in [-0.15, -0.1) is 0 Å². The van der Waals surface area contributed by atoms with Crippen LogP contribution >= 0.6 is 0 Å². The molecule has 4 nitrogen and oxygen atoms in total. The van der Waals surface area contributed by atoms with Gasteiger partial charge in [-0.2, -0.15) is 0 Å². The average Bonchev–Trinajstić information content (AvgIpc) is 2.92. The van der Waals surface area contributed by atoms with Gasteiger partial charge < -0.3 is 18.7 Å². The van der Waals surface area contributed by atoms with E-state index in [-0.39, 0.29) is 23.4 Å². The third-order valence-electron chi connectivity index (χ3n) is 9.23. The molecule has 0 radical (unpaired) electrons. The monoisotopic (exact) mass is 610 g/mol. The maximum Gasteiger partial charge on any atom is 0.261 e. The van der Waals surface area contributed by atoms with Crippen LogP contribution in [0.4, 0.5) is 0 Å². The Balaban J connectivity index is 1.89. The maximum absolute atomic E-state index is 10.0. The Labute approximate surface area is 259 Å². The summed E-state index contributed by atoms with van der Waals surface area (Å²) in [6, 6.07) is 21.7. The Bertz CT molecular complexity index is 1040. The first-order valence-corrected chi connectivity index (χ1v) is 20.3. The first-order chi connectivity index (χ1) is 19.7. The van der Waals surface area contributed by atoms with Gasteiger partial charge in [0.25, 0.3) is 8.32 Å². The number of aliphatic hydroxyl groups is 1. The van der Waals surface area contributed by atoms with E-state index in [4.69, 9.17) is 13.6 Å². The molecule has 234 valence electrons. The highest BCUT2D eigenvalue weighted by molar-refractivity contribution is 6.99. The minimum atomic E-state index is -2.61. The first kappa shape index (κ1) is 34.8. The molecule has 42 heavy (non-hydrogen) atoms. The summed E-state index contributed by atoms with van der Waals surface area (Å²) in [7, 11) is -4.68. The zero-order chi connectivity index (χ0) is 31.1. The van der Waals surface area contributed by atoms with E-state index in [1.165, 1.54) is 10.4 Å². The first-order valence-electron chi connectivity index (χ1n) is 16.2. The molecule has 1 heterocycles. The average molecular weight is 611 g/mol. The van der Waals surface area contributed by atoms with Gasteiger partial charge in [0.15, 0.2) is 0 Å². The normalized spacial score (nSPS) is 19.2. The number of hydrogen-bond donors (Lipinski definition) is 1. The summed E-state index contributed by atoms with van der Waals surface area (Å²) in [5.41, 5.74) is 1.56. The molecule has 0 aliphatic carbocycles. The second kappa shape index (κ2) is 14.8. The van der Waals surface area contributed by atoms with Crippen LogP contribution < -0.4 is 10.4 Å². The zero-order valence-electron chi connectivity index (χ0n) is 28.0. The van der Waals surface area contributed by atoms with E-state index in [0.29, 0.717) is 29.7 Å². The van der Waals surface area contributed by atoms with Crippen LogP contribution in [0.3, 0.4) is 0 Å². The van der Waals surface area contributed by atoms with E-state index in [2.05, 4.69) is 129 Å². The molecule has 0 amide bonds. The molecule has 6 heteroatoms. The van der Waals surface area contributed by atoms with Gasteiger partial charge in [0.1, 0.15) is 6.10 Å². The molecule has 0 fully saturated rings. The Morgan fingerprint density at radius 3 is 1.76 bits per heavy atom. The highest BCUT2D eigenvalue weighted by Crippen LogP contribution is 2.44. The molecule has 3 rings (SSSR count). The third kappa shape index (κ3) is 7.86. The number of aliphatic hydroxyl groups excluding tert-OH is 1. The molecule has 2 aromatic carbocycles. The quantitative estimate of drug-likeness (QED) is 0.218. The topological polar surface area (TPSA) is 47.9 Å². The molecule has 1 aliphatic rings. The zero-order valence-corrected chi connectivity index (χ0v) is 30.0. The molecule has 0 spiro atoms. The Morgan fingerprint density at radius 1 is 0.833 bits per heavy atom. The van der Waals surface area contributed by atoms with Crippen LogP contribution in [-0.2, 0) is 13.6 Å². The van der Waals surface area contributed by atoms with Gasteiger partial charge in [0.2, 0.25) is 8.32 Å². The Kier molecular flexibility index (Phi) is 12.3. The van der Waals surface area contributed by atoms with Gasteiger partial charge in [-0.05, 0) is 51.5 Å². The van der Waals surface area contributed by atoms with Crippen molar-refractivity contribution in [3.63, 3.8) is 0 Å². The smallest absolute Gasteiger partial charge is 0.261 e. The number of hydrogen-bond acceptors (Lipinski definition) is 4. The second-order valence-corrected chi connectivity index (χ2v) is 24.0. The molecular weight excluding hydrogens is 553 g/mol. The van der Waals surface area contributed by atoms with Crippen molar-refractivity contribution < 1.29 is 18.7 Å². The standard InChI is InChI=1S/C36H58O4Si2/c1-27(2)41(28(3)4,29(5)6)40-33-25-31(22-21-30(7)37)39-32(26-33)23-24-38-42(36(8,9)10,34-17-13-11-14-18-34)35-19-15-12-16-20-35/h11-20,25,27-30,32-33,37H,21-24,26H2,1-10H3/t30-,32-,33-/m1/s1. The second-order valence-electron chi connectivity index (χ2n) is 14.3. The van der Waals surface area contributed by atoms with E-state index in [9.17, 15) is 5.11 Å². The summed E-state index contributed by atoms with van der Waals surface area (Å²) in [6.07, 6.45) is 4.95. The van der Waals surface area contributed by atoms with Gasteiger partial charge in [0.05, 0.1) is 18.0 Å². The van der Waals surface area contributed by atoms with Crippen molar-refractivity contribution in [3.05, 3.63) is 72.5 Å².